The third-order valence-corrected chi connectivity index (χ3v) is 4.51. The average Bonchev–Trinajstić information content (AvgIpc) is 2.67. The highest BCUT2D eigenvalue weighted by Crippen LogP contribution is 2.35. The fourth-order valence-electron chi connectivity index (χ4n) is 3.15. The van der Waals surface area contributed by atoms with Gasteiger partial charge in [-0.2, -0.15) is 4.98 Å². The van der Waals surface area contributed by atoms with Gasteiger partial charge in [0.15, 0.2) is 23.0 Å². The van der Waals surface area contributed by atoms with Crippen molar-refractivity contribution in [1.29, 1.82) is 0 Å². The third kappa shape index (κ3) is 3.19. The van der Waals surface area contributed by atoms with Crippen LogP contribution in [0.25, 0.3) is 22.6 Å². The van der Waals surface area contributed by atoms with Gasteiger partial charge in [-0.1, -0.05) is 0 Å². The van der Waals surface area contributed by atoms with E-state index in [-0.39, 0.29) is 31.1 Å². The number of hydrogen-bond donors (Lipinski definition) is 4. The van der Waals surface area contributed by atoms with Crippen molar-refractivity contribution >= 4 is 11.0 Å². The largest absolute Gasteiger partial charge is 0.486 e. The molecule has 11 heteroatoms. The van der Waals surface area contributed by atoms with E-state index in [0.717, 1.165) is 0 Å². The molecule has 1 aromatic rings. The van der Waals surface area contributed by atoms with Crippen LogP contribution in [0.5, 0.6) is 11.5 Å². The molecule has 0 saturated carbocycles. The summed E-state index contributed by atoms with van der Waals surface area (Å²) in [6.07, 6.45) is -2.52. The fourth-order valence-corrected chi connectivity index (χ4v) is 3.15. The maximum atomic E-state index is 12.2. The molecule has 2 unspecified atom stereocenters. The molecule has 0 aliphatic carbocycles. The van der Waals surface area contributed by atoms with Crippen LogP contribution in [0.1, 0.15) is 6.42 Å². The molecule has 0 radical (unpaired) electrons. The number of aromatic nitrogens is 4. The zero-order valence-corrected chi connectivity index (χ0v) is 14.7. The zero-order chi connectivity index (χ0) is 19.8. The smallest absolute Gasteiger partial charge is 0.349 e. The first-order valence-corrected chi connectivity index (χ1v) is 8.69. The zero-order valence-electron chi connectivity index (χ0n) is 14.7. The minimum atomic E-state index is -1.28. The summed E-state index contributed by atoms with van der Waals surface area (Å²) in [5.41, 5.74) is -0.857. The number of aliphatic hydroxyl groups is 3. The number of H-pyrrole nitrogens is 1. The molecule has 1 aromatic carbocycles. The van der Waals surface area contributed by atoms with Gasteiger partial charge in [0, 0.05) is 18.7 Å². The highest BCUT2D eigenvalue weighted by atomic mass is 16.6. The molecule has 0 spiro atoms. The van der Waals surface area contributed by atoms with Crippen LogP contribution in [0, 0.1) is 0 Å². The van der Waals surface area contributed by atoms with Crippen LogP contribution in [0.15, 0.2) is 21.7 Å². The lowest BCUT2D eigenvalue weighted by molar-refractivity contribution is -0.00283. The topological polar surface area (TPSA) is 160 Å². The summed E-state index contributed by atoms with van der Waals surface area (Å²) in [5.74, 6) is 0.877. The highest BCUT2D eigenvalue weighted by Gasteiger charge is 2.25. The van der Waals surface area contributed by atoms with E-state index < -0.39 is 23.5 Å². The molecule has 0 aromatic heterocycles. The van der Waals surface area contributed by atoms with Crippen molar-refractivity contribution in [3.8, 4) is 23.0 Å². The van der Waals surface area contributed by atoms with E-state index in [1.54, 1.807) is 12.1 Å². The van der Waals surface area contributed by atoms with Crippen molar-refractivity contribution < 1.29 is 24.8 Å². The van der Waals surface area contributed by atoms with Gasteiger partial charge in [-0.15, -0.1) is 0 Å². The van der Waals surface area contributed by atoms with E-state index in [9.17, 15) is 19.8 Å². The van der Waals surface area contributed by atoms with E-state index in [1.165, 1.54) is 4.57 Å². The third-order valence-electron chi connectivity index (χ3n) is 4.51. The highest BCUT2D eigenvalue weighted by molar-refractivity contribution is 5.83. The number of benzene rings is 1. The summed E-state index contributed by atoms with van der Waals surface area (Å²) in [4.78, 5) is 34.2. The van der Waals surface area contributed by atoms with Crippen LogP contribution in [0.4, 0.5) is 0 Å². The predicted molar refractivity (Wildman–Crippen MR) is 95.7 cm³/mol. The summed E-state index contributed by atoms with van der Waals surface area (Å²) in [6, 6.07) is 3.22. The second-order valence-electron chi connectivity index (χ2n) is 6.40. The molecule has 4 N–H and O–H groups in total. The van der Waals surface area contributed by atoms with Crippen LogP contribution >= 0.6 is 0 Å². The van der Waals surface area contributed by atoms with Crippen molar-refractivity contribution in [3.63, 3.8) is 0 Å². The van der Waals surface area contributed by atoms with Crippen LogP contribution < -0.4 is 20.7 Å². The molecule has 4 rings (SSSR count). The number of fused-ring (bicyclic) bond motifs is 3. The van der Waals surface area contributed by atoms with Crippen LogP contribution in [0.2, 0.25) is 0 Å². The predicted octanol–water partition coefficient (Wildman–Crippen LogP) is -1.54. The molecule has 11 nitrogen and oxygen atoms in total. The van der Waals surface area contributed by atoms with Gasteiger partial charge >= 0.3 is 5.69 Å². The Morgan fingerprint density at radius 3 is 2.54 bits per heavy atom. The second kappa shape index (κ2) is 7.19. The number of aliphatic hydroxyl groups excluding tert-OH is 3. The first-order chi connectivity index (χ1) is 13.5. The Kier molecular flexibility index (Phi) is 4.71. The van der Waals surface area contributed by atoms with Crippen molar-refractivity contribution in [2.45, 2.75) is 25.2 Å². The molecular weight excluding hydrogens is 372 g/mol. The maximum absolute atomic E-state index is 12.2. The quantitative estimate of drug-likeness (QED) is 0.379. The summed E-state index contributed by atoms with van der Waals surface area (Å²) in [5, 5.41) is 29.3. The Balaban J connectivity index is 1.96. The first-order valence-electron chi connectivity index (χ1n) is 8.69. The number of aromatic amines is 1. The Labute approximate surface area is 157 Å². The molecule has 28 heavy (non-hydrogen) atoms. The minimum absolute atomic E-state index is 0.0319. The van der Waals surface area contributed by atoms with E-state index >= 15 is 0 Å². The lowest BCUT2D eigenvalue weighted by Crippen LogP contribution is -2.34. The molecule has 0 fully saturated rings. The number of nitrogens with zero attached hydrogens (tertiary/aromatic N) is 3. The Morgan fingerprint density at radius 2 is 1.82 bits per heavy atom. The first kappa shape index (κ1) is 18.3. The monoisotopic (exact) mass is 390 g/mol. The lowest BCUT2D eigenvalue weighted by Gasteiger charge is -2.24. The van der Waals surface area contributed by atoms with Crippen LogP contribution in [-0.2, 0) is 6.54 Å². The van der Waals surface area contributed by atoms with E-state index in [4.69, 9.17) is 14.6 Å². The van der Waals surface area contributed by atoms with E-state index in [0.29, 0.717) is 35.7 Å². The van der Waals surface area contributed by atoms with E-state index in [2.05, 4.69) is 15.0 Å². The fraction of sp³-hybridized carbons (Fsp3) is 0.412. The number of ether oxygens (including phenoxy) is 2. The van der Waals surface area contributed by atoms with Crippen molar-refractivity contribution in [2.75, 3.05) is 19.8 Å². The van der Waals surface area contributed by atoms with E-state index in [1.807, 2.05) is 0 Å². The standard InChI is InChI=1S/C17H18N4O7/c22-2-1-10(23)11(24)7-21-9-6-13-12(27-3-4-28-13)5-8(9)18-14-15(21)19-17(26)20-16(14)25/h5-6,10-11,22-24H,1-4,7H2,(H,20,25,26). The van der Waals surface area contributed by atoms with Crippen LogP contribution in [0.3, 0.4) is 0 Å². The summed E-state index contributed by atoms with van der Waals surface area (Å²) in [6.45, 7) is 0.244. The lowest BCUT2D eigenvalue weighted by atomic mass is 10.1. The number of nitrogens with one attached hydrogen (secondary N) is 1. The van der Waals surface area contributed by atoms with Crippen molar-refractivity contribution in [1.82, 2.24) is 19.5 Å². The van der Waals surface area contributed by atoms with Gasteiger partial charge in [0.05, 0.1) is 29.8 Å². The maximum Gasteiger partial charge on any atom is 0.349 e. The Hall–Kier alpha value is -3.02. The number of rotatable bonds is 5. The summed E-state index contributed by atoms with van der Waals surface area (Å²) in [7, 11) is 0. The molecule has 3 heterocycles. The Bertz CT molecular complexity index is 1110. The van der Waals surface area contributed by atoms with Gasteiger partial charge in [0.25, 0.3) is 5.56 Å². The molecular formula is C17H18N4O7. The SMILES string of the molecule is O=c1nc2n(CC(O)C(O)CCO)c3cc4c(cc3nc-2c(=O)[nH]1)OCCO4. The molecule has 3 aliphatic rings. The van der Waals surface area contributed by atoms with Crippen LogP contribution in [-0.4, -0.2) is 66.9 Å². The molecule has 0 bridgehead atoms. The van der Waals surface area contributed by atoms with Gasteiger partial charge in [-0.25, -0.2) is 9.78 Å². The summed E-state index contributed by atoms with van der Waals surface area (Å²) < 4.78 is 12.5. The van der Waals surface area contributed by atoms with Gasteiger partial charge in [0.2, 0.25) is 0 Å². The molecule has 148 valence electrons. The molecule has 2 atom stereocenters. The number of hydrogen-bond acceptors (Lipinski definition) is 9. The van der Waals surface area contributed by atoms with Crippen molar-refractivity contribution in [3.05, 3.63) is 33.0 Å². The van der Waals surface area contributed by atoms with Gasteiger partial charge < -0.3 is 29.4 Å². The normalized spacial score (nSPS) is 15.7. The average molecular weight is 390 g/mol. The molecule has 0 saturated heterocycles. The van der Waals surface area contributed by atoms with Crippen molar-refractivity contribution in [2.24, 2.45) is 0 Å². The van der Waals surface area contributed by atoms with Gasteiger partial charge in [-0.3, -0.25) is 9.78 Å². The molecule has 3 aliphatic heterocycles. The summed E-state index contributed by atoms with van der Waals surface area (Å²) >= 11 is 0. The second-order valence-corrected chi connectivity index (χ2v) is 6.40. The molecule has 0 amide bonds. The Morgan fingerprint density at radius 1 is 1.11 bits per heavy atom. The minimum Gasteiger partial charge on any atom is -0.486 e. The van der Waals surface area contributed by atoms with Gasteiger partial charge in [-0.05, 0) is 6.42 Å². The van der Waals surface area contributed by atoms with Gasteiger partial charge in [0.1, 0.15) is 13.2 Å².